The van der Waals surface area contributed by atoms with Gasteiger partial charge in [-0.1, -0.05) is 0 Å². The summed E-state index contributed by atoms with van der Waals surface area (Å²) in [6.45, 7) is 1.42. The smallest absolute Gasteiger partial charge is 0.254 e. The normalized spacial score (nSPS) is 16.0. The molecule has 2 amide bonds. The van der Waals surface area contributed by atoms with Crippen molar-refractivity contribution in [2.45, 2.75) is 37.8 Å². The van der Waals surface area contributed by atoms with Gasteiger partial charge in [0.15, 0.2) is 6.10 Å². The van der Waals surface area contributed by atoms with Crippen LogP contribution >= 0.6 is 0 Å². The average Bonchev–Trinajstić information content (AvgIpc) is 3.33. The van der Waals surface area contributed by atoms with E-state index in [0.29, 0.717) is 17.8 Å². The second-order valence-corrected chi connectivity index (χ2v) is 6.31. The third-order valence-electron chi connectivity index (χ3n) is 4.05. The fourth-order valence-electron chi connectivity index (χ4n) is 2.47. The molecule has 0 saturated heterocycles. The lowest BCUT2D eigenvalue weighted by Gasteiger charge is -2.16. The van der Waals surface area contributed by atoms with Crippen LogP contribution in [0.3, 0.4) is 0 Å². The van der Waals surface area contributed by atoms with Gasteiger partial charge in [-0.25, -0.2) is 8.78 Å². The number of amides is 2. The molecule has 7 nitrogen and oxygen atoms in total. The van der Waals surface area contributed by atoms with Crippen LogP contribution in [0.15, 0.2) is 24.3 Å². The molecule has 9 heteroatoms. The summed E-state index contributed by atoms with van der Waals surface area (Å²) in [6.07, 6.45) is 0.344. The molecule has 1 fully saturated rings. The Morgan fingerprint density at radius 2 is 1.85 bits per heavy atom. The first-order valence-electron chi connectivity index (χ1n) is 8.14. The maximum Gasteiger partial charge on any atom is 0.254 e. The Bertz CT molecular complexity index is 815. The predicted octanol–water partition coefficient (Wildman–Crippen LogP) is 1.74. The van der Waals surface area contributed by atoms with Crippen LogP contribution in [-0.2, 0) is 9.59 Å². The van der Waals surface area contributed by atoms with Gasteiger partial charge in [-0.3, -0.25) is 14.7 Å². The standard InChI is InChI=1S/C17H18F2N4O3/c1-8(16(25)21-14-7-13(22-23-14)9-2-3-9)20-17(26)15(24)10-4-11(18)6-12(19)5-10/h4-9,15,24H,2-3H2,1H3,(H,20,26)(H2,21,22,23,25)/t8-,15?/m0/s1. The SMILES string of the molecule is C[C@H](NC(=O)C(O)c1cc(F)cc(F)c1)C(=O)Nc1cc(C2CC2)n[nH]1. The molecule has 2 atom stereocenters. The van der Waals surface area contributed by atoms with Crippen molar-refractivity contribution in [3.05, 3.63) is 47.2 Å². The molecule has 1 aliphatic rings. The van der Waals surface area contributed by atoms with Gasteiger partial charge in [-0.2, -0.15) is 5.10 Å². The zero-order valence-corrected chi connectivity index (χ0v) is 13.9. The molecular formula is C17H18F2N4O3. The van der Waals surface area contributed by atoms with E-state index in [1.165, 1.54) is 6.92 Å². The number of aromatic amines is 1. The number of benzene rings is 1. The van der Waals surface area contributed by atoms with Crippen LogP contribution in [0.5, 0.6) is 0 Å². The van der Waals surface area contributed by atoms with Gasteiger partial charge < -0.3 is 15.7 Å². The minimum atomic E-state index is -1.80. The first-order valence-corrected chi connectivity index (χ1v) is 8.14. The van der Waals surface area contributed by atoms with E-state index in [1.54, 1.807) is 6.07 Å². The lowest BCUT2D eigenvalue weighted by atomic mass is 10.1. The Hall–Kier alpha value is -2.81. The van der Waals surface area contributed by atoms with Crippen LogP contribution in [0.25, 0.3) is 0 Å². The molecule has 1 aliphatic carbocycles. The Labute approximate surface area is 147 Å². The zero-order chi connectivity index (χ0) is 18.8. The van der Waals surface area contributed by atoms with E-state index in [0.717, 1.165) is 30.7 Å². The van der Waals surface area contributed by atoms with Crippen molar-refractivity contribution in [2.24, 2.45) is 0 Å². The van der Waals surface area contributed by atoms with Gasteiger partial charge in [0.1, 0.15) is 23.5 Å². The largest absolute Gasteiger partial charge is 0.378 e. The van der Waals surface area contributed by atoms with Gasteiger partial charge in [0.25, 0.3) is 5.91 Å². The Morgan fingerprint density at radius 1 is 1.19 bits per heavy atom. The first kappa shape index (κ1) is 18.0. The molecule has 1 aromatic heterocycles. The maximum absolute atomic E-state index is 13.2. The number of anilines is 1. The van der Waals surface area contributed by atoms with E-state index >= 15 is 0 Å². The Kier molecular flexibility index (Phi) is 4.99. The number of carbonyl (C=O) groups excluding carboxylic acids is 2. The summed E-state index contributed by atoms with van der Waals surface area (Å²) >= 11 is 0. The number of hydrogen-bond acceptors (Lipinski definition) is 4. The quantitative estimate of drug-likeness (QED) is 0.626. The molecule has 0 spiro atoms. The van der Waals surface area contributed by atoms with Gasteiger partial charge in [0.2, 0.25) is 5.91 Å². The summed E-state index contributed by atoms with van der Waals surface area (Å²) in [5.74, 6) is -2.46. The maximum atomic E-state index is 13.2. The highest BCUT2D eigenvalue weighted by Crippen LogP contribution is 2.39. The molecule has 1 heterocycles. The number of carbonyl (C=O) groups is 2. The third-order valence-corrected chi connectivity index (χ3v) is 4.05. The van der Waals surface area contributed by atoms with Crippen LogP contribution in [0, 0.1) is 11.6 Å². The fraction of sp³-hybridized carbons (Fsp3) is 0.353. The monoisotopic (exact) mass is 364 g/mol. The average molecular weight is 364 g/mol. The Morgan fingerprint density at radius 3 is 2.46 bits per heavy atom. The number of aromatic nitrogens is 2. The van der Waals surface area contributed by atoms with Crippen LogP contribution < -0.4 is 10.6 Å². The molecule has 0 bridgehead atoms. The van der Waals surface area contributed by atoms with Crippen molar-refractivity contribution < 1.29 is 23.5 Å². The second-order valence-electron chi connectivity index (χ2n) is 6.31. The van der Waals surface area contributed by atoms with Gasteiger partial charge >= 0.3 is 0 Å². The fourth-order valence-corrected chi connectivity index (χ4v) is 2.47. The van der Waals surface area contributed by atoms with Crippen molar-refractivity contribution in [3.63, 3.8) is 0 Å². The number of nitrogens with one attached hydrogen (secondary N) is 3. The highest BCUT2D eigenvalue weighted by Gasteiger charge is 2.27. The van der Waals surface area contributed by atoms with Gasteiger partial charge in [-0.05, 0) is 37.5 Å². The summed E-state index contributed by atoms with van der Waals surface area (Å²) in [6, 6.07) is 3.08. The van der Waals surface area contributed by atoms with Gasteiger partial charge in [-0.15, -0.1) is 0 Å². The molecule has 138 valence electrons. The summed E-state index contributed by atoms with van der Waals surface area (Å²) in [5.41, 5.74) is 0.635. The predicted molar refractivity (Wildman–Crippen MR) is 88.1 cm³/mol. The number of rotatable bonds is 6. The highest BCUT2D eigenvalue weighted by atomic mass is 19.1. The third kappa shape index (κ3) is 4.23. The van der Waals surface area contributed by atoms with Crippen LogP contribution in [0.1, 0.15) is 43.0 Å². The molecule has 4 N–H and O–H groups in total. The number of nitrogens with zero attached hydrogens (tertiary/aromatic N) is 1. The molecule has 2 aromatic rings. The number of aliphatic hydroxyl groups excluding tert-OH is 1. The number of aliphatic hydroxyl groups is 1. The van der Waals surface area contributed by atoms with E-state index in [2.05, 4.69) is 20.8 Å². The molecule has 0 aliphatic heterocycles. The van der Waals surface area contributed by atoms with Crippen molar-refractivity contribution in [1.82, 2.24) is 15.5 Å². The van der Waals surface area contributed by atoms with Crippen molar-refractivity contribution in [2.75, 3.05) is 5.32 Å². The summed E-state index contributed by atoms with van der Waals surface area (Å²) in [4.78, 5) is 24.2. The van der Waals surface area contributed by atoms with E-state index in [9.17, 15) is 23.5 Å². The molecule has 3 rings (SSSR count). The zero-order valence-electron chi connectivity index (χ0n) is 13.9. The minimum Gasteiger partial charge on any atom is -0.378 e. The van der Waals surface area contributed by atoms with Crippen molar-refractivity contribution in [3.8, 4) is 0 Å². The molecule has 1 unspecified atom stereocenters. The molecule has 1 aromatic carbocycles. The van der Waals surface area contributed by atoms with Crippen molar-refractivity contribution in [1.29, 1.82) is 0 Å². The second kappa shape index (κ2) is 7.20. The molecule has 0 radical (unpaired) electrons. The summed E-state index contributed by atoms with van der Waals surface area (Å²) in [5, 5.41) is 21.6. The highest BCUT2D eigenvalue weighted by molar-refractivity contribution is 5.97. The lowest BCUT2D eigenvalue weighted by molar-refractivity contribution is -0.132. The summed E-state index contributed by atoms with van der Waals surface area (Å²) in [7, 11) is 0. The van der Waals surface area contributed by atoms with Crippen LogP contribution in [-0.4, -0.2) is 33.2 Å². The molecule has 26 heavy (non-hydrogen) atoms. The summed E-state index contributed by atoms with van der Waals surface area (Å²) < 4.78 is 26.4. The Balaban J connectivity index is 1.57. The molecular weight excluding hydrogens is 346 g/mol. The van der Waals surface area contributed by atoms with Crippen LogP contribution in [0.4, 0.5) is 14.6 Å². The number of hydrogen-bond donors (Lipinski definition) is 4. The van der Waals surface area contributed by atoms with E-state index < -0.39 is 35.6 Å². The topological polar surface area (TPSA) is 107 Å². The van der Waals surface area contributed by atoms with E-state index in [4.69, 9.17) is 0 Å². The molecule has 1 saturated carbocycles. The van der Waals surface area contributed by atoms with Crippen molar-refractivity contribution >= 4 is 17.6 Å². The lowest BCUT2D eigenvalue weighted by Crippen LogP contribution is -2.43. The number of halogens is 2. The van der Waals surface area contributed by atoms with Crippen LogP contribution in [0.2, 0.25) is 0 Å². The van der Waals surface area contributed by atoms with E-state index in [1.807, 2.05) is 0 Å². The minimum absolute atomic E-state index is 0.241. The first-order chi connectivity index (χ1) is 12.3. The van der Waals surface area contributed by atoms with Gasteiger partial charge in [0, 0.05) is 18.1 Å². The van der Waals surface area contributed by atoms with Gasteiger partial charge in [0.05, 0.1) is 5.69 Å². The van der Waals surface area contributed by atoms with E-state index in [-0.39, 0.29) is 5.56 Å². The number of H-pyrrole nitrogens is 1.